The maximum absolute atomic E-state index is 11.1. The summed E-state index contributed by atoms with van der Waals surface area (Å²) in [5.41, 5.74) is 2.33. The van der Waals surface area contributed by atoms with E-state index < -0.39 is 0 Å². The third-order valence-electron chi connectivity index (χ3n) is 3.26. The van der Waals surface area contributed by atoms with Gasteiger partial charge >= 0.3 is 5.69 Å². The first kappa shape index (κ1) is 12.7. The summed E-state index contributed by atoms with van der Waals surface area (Å²) in [5.74, 6) is 0.657. The number of imidazole rings is 1. The van der Waals surface area contributed by atoms with E-state index in [4.69, 9.17) is 0 Å². The summed E-state index contributed by atoms with van der Waals surface area (Å²) in [5, 5.41) is 12.5. The van der Waals surface area contributed by atoms with Crippen LogP contribution in [0.4, 0.5) is 5.69 Å². The highest BCUT2D eigenvalue weighted by Crippen LogP contribution is 2.16. The van der Waals surface area contributed by atoms with Crippen molar-refractivity contribution < 1.29 is 5.11 Å². The lowest BCUT2D eigenvalue weighted by atomic mass is 9.97. The Kier molecular flexibility index (Phi) is 3.72. The number of aromatic nitrogens is 2. The van der Waals surface area contributed by atoms with Crippen LogP contribution in [0.2, 0.25) is 0 Å². The Balaban J connectivity index is 2.09. The summed E-state index contributed by atoms with van der Waals surface area (Å²) in [6.07, 6.45) is 0. The van der Waals surface area contributed by atoms with Crippen LogP contribution in [-0.4, -0.2) is 28.2 Å². The molecule has 0 amide bonds. The van der Waals surface area contributed by atoms with E-state index in [1.54, 1.807) is 0 Å². The molecule has 0 aliphatic carbocycles. The Labute approximate surface area is 105 Å². The summed E-state index contributed by atoms with van der Waals surface area (Å²) >= 11 is 0. The molecule has 0 saturated carbocycles. The molecule has 4 N–H and O–H groups in total. The summed E-state index contributed by atoms with van der Waals surface area (Å²) in [4.78, 5) is 16.6. The predicted octanol–water partition coefficient (Wildman–Crippen LogP) is 1.53. The second-order valence-electron chi connectivity index (χ2n) is 4.91. The molecule has 98 valence electrons. The third kappa shape index (κ3) is 2.73. The van der Waals surface area contributed by atoms with Gasteiger partial charge in [0, 0.05) is 24.8 Å². The lowest BCUT2D eigenvalue weighted by Crippen LogP contribution is -2.22. The minimum absolute atomic E-state index is 0.175. The Bertz CT molecular complexity index is 571. The number of rotatable bonds is 5. The lowest BCUT2D eigenvalue weighted by Gasteiger charge is -2.19. The van der Waals surface area contributed by atoms with E-state index in [1.165, 1.54) is 0 Å². The van der Waals surface area contributed by atoms with Gasteiger partial charge < -0.3 is 20.4 Å². The van der Waals surface area contributed by atoms with Gasteiger partial charge in [0.05, 0.1) is 11.0 Å². The third-order valence-corrected chi connectivity index (χ3v) is 3.26. The monoisotopic (exact) mass is 249 g/mol. The molecule has 2 rings (SSSR count). The van der Waals surface area contributed by atoms with Crippen molar-refractivity contribution in [1.29, 1.82) is 0 Å². The number of aliphatic hydroxyl groups is 1. The molecule has 0 spiro atoms. The Morgan fingerprint density at radius 3 is 2.67 bits per heavy atom. The molecular formula is C13H19N3O2. The van der Waals surface area contributed by atoms with Gasteiger partial charge in [-0.2, -0.15) is 0 Å². The number of aromatic amines is 2. The van der Waals surface area contributed by atoms with Crippen LogP contribution in [0.1, 0.15) is 13.8 Å². The normalized spacial score (nSPS) is 13.1. The maximum Gasteiger partial charge on any atom is 0.323 e. The van der Waals surface area contributed by atoms with Gasteiger partial charge in [-0.05, 0) is 24.1 Å². The molecule has 1 aromatic heterocycles. The van der Waals surface area contributed by atoms with Crippen LogP contribution in [0.3, 0.4) is 0 Å². The fourth-order valence-corrected chi connectivity index (χ4v) is 1.90. The molecule has 1 heterocycles. The largest absolute Gasteiger partial charge is 0.396 e. The number of fused-ring (bicyclic) bond motifs is 1. The molecule has 0 aliphatic heterocycles. The Morgan fingerprint density at radius 1 is 1.28 bits per heavy atom. The van der Waals surface area contributed by atoms with Gasteiger partial charge in [0.15, 0.2) is 0 Å². The highest BCUT2D eigenvalue weighted by Gasteiger charge is 2.11. The molecule has 5 nitrogen and oxygen atoms in total. The second kappa shape index (κ2) is 5.27. The Hall–Kier alpha value is -1.75. The van der Waals surface area contributed by atoms with Crippen molar-refractivity contribution in [3.63, 3.8) is 0 Å². The second-order valence-corrected chi connectivity index (χ2v) is 4.91. The molecule has 1 unspecified atom stereocenters. The van der Waals surface area contributed by atoms with Crippen molar-refractivity contribution in [3.05, 3.63) is 28.7 Å². The van der Waals surface area contributed by atoms with Gasteiger partial charge in [-0.15, -0.1) is 0 Å². The van der Waals surface area contributed by atoms with Crippen molar-refractivity contribution in [3.8, 4) is 0 Å². The molecular weight excluding hydrogens is 230 g/mol. The first-order valence-electron chi connectivity index (χ1n) is 6.17. The standard InChI is InChI=1S/C13H19N3O2/c1-8(2)9(7-17)6-14-10-3-4-11-12(5-10)16-13(18)15-11/h3-5,8-9,14,17H,6-7H2,1-2H3,(H2,15,16,18). The number of hydrogen-bond donors (Lipinski definition) is 4. The van der Waals surface area contributed by atoms with Gasteiger partial charge in [-0.3, -0.25) is 0 Å². The van der Waals surface area contributed by atoms with Crippen LogP contribution in [0.5, 0.6) is 0 Å². The molecule has 0 bridgehead atoms. The van der Waals surface area contributed by atoms with Crippen LogP contribution in [-0.2, 0) is 0 Å². The number of aliphatic hydroxyl groups excluding tert-OH is 1. The van der Waals surface area contributed by atoms with E-state index in [2.05, 4.69) is 29.1 Å². The zero-order valence-electron chi connectivity index (χ0n) is 10.7. The van der Waals surface area contributed by atoms with E-state index >= 15 is 0 Å². The minimum atomic E-state index is -0.197. The average Bonchev–Trinajstić information content (AvgIpc) is 2.68. The summed E-state index contributed by atoms with van der Waals surface area (Å²) in [7, 11) is 0. The SMILES string of the molecule is CC(C)C(CO)CNc1ccc2[nH]c(=O)[nH]c2c1. The van der Waals surface area contributed by atoms with Crippen molar-refractivity contribution >= 4 is 16.7 Å². The maximum atomic E-state index is 11.1. The van der Waals surface area contributed by atoms with E-state index in [0.717, 1.165) is 16.7 Å². The number of nitrogens with one attached hydrogen (secondary N) is 3. The van der Waals surface area contributed by atoms with E-state index in [-0.39, 0.29) is 18.2 Å². The first-order chi connectivity index (χ1) is 8.60. The predicted molar refractivity (Wildman–Crippen MR) is 72.8 cm³/mol. The summed E-state index contributed by atoms with van der Waals surface area (Å²) < 4.78 is 0. The zero-order chi connectivity index (χ0) is 13.1. The molecule has 1 aromatic carbocycles. The molecule has 5 heteroatoms. The highest BCUT2D eigenvalue weighted by molar-refractivity contribution is 5.78. The fourth-order valence-electron chi connectivity index (χ4n) is 1.90. The molecule has 2 aromatic rings. The van der Waals surface area contributed by atoms with Crippen LogP contribution < -0.4 is 11.0 Å². The van der Waals surface area contributed by atoms with E-state index in [9.17, 15) is 9.90 Å². The van der Waals surface area contributed by atoms with Crippen LogP contribution in [0.25, 0.3) is 11.0 Å². The number of anilines is 1. The Morgan fingerprint density at radius 2 is 2.00 bits per heavy atom. The van der Waals surface area contributed by atoms with Crippen molar-refractivity contribution in [2.24, 2.45) is 11.8 Å². The number of benzene rings is 1. The first-order valence-corrected chi connectivity index (χ1v) is 6.17. The van der Waals surface area contributed by atoms with Crippen LogP contribution in [0.15, 0.2) is 23.0 Å². The summed E-state index contributed by atoms with van der Waals surface area (Å²) in [6, 6.07) is 5.67. The van der Waals surface area contributed by atoms with Gasteiger partial charge in [0.1, 0.15) is 0 Å². The molecule has 18 heavy (non-hydrogen) atoms. The molecule has 0 radical (unpaired) electrons. The van der Waals surface area contributed by atoms with Gasteiger partial charge in [0.2, 0.25) is 0 Å². The molecule has 0 fully saturated rings. The number of hydrogen-bond acceptors (Lipinski definition) is 3. The van der Waals surface area contributed by atoms with E-state index in [0.29, 0.717) is 12.5 Å². The average molecular weight is 249 g/mol. The quantitative estimate of drug-likeness (QED) is 0.648. The van der Waals surface area contributed by atoms with Crippen molar-refractivity contribution in [2.45, 2.75) is 13.8 Å². The van der Waals surface area contributed by atoms with Gasteiger partial charge in [-0.1, -0.05) is 13.8 Å². The number of H-pyrrole nitrogens is 2. The van der Waals surface area contributed by atoms with Gasteiger partial charge in [-0.25, -0.2) is 4.79 Å². The van der Waals surface area contributed by atoms with Crippen LogP contribution in [0, 0.1) is 11.8 Å². The van der Waals surface area contributed by atoms with E-state index in [1.807, 2.05) is 18.2 Å². The van der Waals surface area contributed by atoms with Crippen molar-refractivity contribution in [1.82, 2.24) is 9.97 Å². The highest BCUT2D eigenvalue weighted by atomic mass is 16.3. The summed E-state index contributed by atoms with van der Waals surface area (Å²) in [6.45, 7) is 5.08. The lowest BCUT2D eigenvalue weighted by molar-refractivity contribution is 0.198. The minimum Gasteiger partial charge on any atom is -0.396 e. The smallest absolute Gasteiger partial charge is 0.323 e. The van der Waals surface area contributed by atoms with Crippen LogP contribution >= 0.6 is 0 Å². The zero-order valence-corrected chi connectivity index (χ0v) is 10.7. The molecule has 0 aliphatic rings. The topological polar surface area (TPSA) is 80.9 Å². The van der Waals surface area contributed by atoms with Gasteiger partial charge in [0.25, 0.3) is 0 Å². The fraction of sp³-hybridized carbons (Fsp3) is 0.462. The molecule has 1 atom stereocenters. The molecule has 0 saturated heterocycles. The van der Waals surface area contributed by atoms with Crippen molar-refractivity contribution in [2.75, 3.05) is 18.5 Å².